The number of para-hydroxylation sites is 1. The summed E-state index contributed by atoms with van der Waals surface area (Å²) in [6, 6.07) is 15.3. The van der Waals surface area contributed by atoms with Crippen molar-refractivity contribution in [1.82, 2.24) is 9.78 Å². The molecule has 0 aliphatic heterocycles. The van der Waals surface area contributed by atoms with Gasteiger partial charge in [0.15, 0.2) is 0 Å². The molecule has 0 radical (unpaired) electrons. The molecular weight excluding hydrogens is 334 g/mol. The first-order valence-electron chi connectivity index (χ1n) is 8.18. The highest BCUT2D eigenvalue weighted by atomic mass is 35.5. The predicted molar refractivity (Wildman–Crippen MR) is 102 cm³/mol. The van der Waals surface area contributed by atoms with Gasteiger partial charge in [-0.1, -0.05) is 55.3 Å². The Morgan fingerprint density at radius 2 is 1.80 bits per heavy atom. The normalized spacial score (nSPS) is 10.9. The Hall–Kier alpha value is -2.59. The van der Waals surface area contributed by atoms with E-state index in [0.29, 0.717) is 16.3 Å². The summed E-state index contributed by atoms with van der Waals surface area (Å²) in [7, 11) is 0. The maximum absolute atomic E-state index is 12.8. The SMILES string of the molecule is Cc1ccc(-n2ncc(C(=O)Nc3ccccc3Cl)c2C(C)C)cc1. The number of carbonyl (C=O) groups is 1. The summed E-state index contributed by atoms with van der Waals surface area (Å²) in [5, 5.41) is 7.82. The Morgan fingerprint density at radius 3 is 2.44 bits per heavy atom. The van der Waals surface area contributed by atoms with E-state index in [1.807, 2.05) is 61.9 Å². The van der Waals surface area contributed by atoms with E-state index in [-0.39, 0.29) is 11.8 Å². The summed E-state index contributed by atoms with van der Waals surface area (Å²) in [6.45, 7) is 6.14. The fourth-order valence-electron chi connectivity index (χ4n) is 2.73. The minimum Gasteiger partial charge on any atom is -0.321 e. The van der Waals surface area contributed by atoms with E-state index in [2.05, 4.69) is 10.4 Å². The summed E-state index contributed by atoms with van der Waals surface area (Å²) in [5.41, 5.74) is 4.13. The number of halogens is 1. The largest absolute Gasteiger partial charge is 0.321 e. The van der Waals surface area contributed by atoms with Gasteiger partial charge >= 0.3 is 0 Å². The molecule has 4 nitrogen and oxygen atoms in total. The molecule has 0 unspecified atom stereocenters. The molecule has 1 amide bonds. The van der Waals surface area contributed by atoms with Crippen LogP contribution < -0.4 is 5.32 Å². The van der Waals surface area contributed by atoms with Crippen molar-refractivity contribution in [2.45, 2.75) is 26.7 Å². The molecule has 0 spiro atoms. The van der Waals surface area contributed by atoms with Gasteiger partial charge in [-0.3, -0.25) is 4.79 Å². The van der Waals surface area contributed by atoms with Gasteiger partial charge in [-0.05, 0) is 37.1 Å². The van der Waals surface area contributed by atoms with Crippen molar-refractivity contribution in [1.29, 1.82) is 0 Å². The van der Waals surface area contributed by atoms with Crippen LogP contribution in [-0.4, -0.2) is 15.7 Å². The van der Waals surface area contributed by atoms with Gasteiger partial charge in [-0.25, -0.2) is 4.68 Å². The van der Waals surface area contributed by atoms with E-state index in [1.54, 1.807) is 18.3 Å². The Bertz CT molecular complexity index is 898. The summed E-state index contributed by atoms with van der Waals surface area (Å²) < 4.78 is 1.83. The molecule has 0 fully saturated rings. The van der Waals surface area contributed by atoms with E-state index in [4.69, 9.17) is 11.6 Å². The lowest BCUT2D eigenvalue weighted by Gasteiger charge is -2.13. The van der Waals surface area contributed by atoms with Gasteiger partial charge in [-0.15, -0.1) is 0 Å². The van der Waals surface area contributed by atoms with Crippen molar-refractivity contribution >= 4 is 23.2 Å². The Morgan fingerprint density at radius 1 is 1.12 bits per heavy atom. The van der Waals surface area contributed by atoms with Crippen LogP contribution in [0.5, 0.6) is 0 Å². The lowest BCUT2D eigenvalue weighted by atomic mass is 10.0. The maximum Gasteiger partial charge on any atom is 0.259 e. The molecule has 1 N–H and O–H groups in total. The summed E-state index contributed by atoms with van der Waals surface area (Å²) >= 11 is 6.14. The number of aryl methyl sites for hydroxylation is 1. The molecule has 0 aliphatic carbocycles. The molecule has 25 heavy (non-hydrogen) atoms. The monoisotopic (exact) mass is 353 g/mol. The molecule has 5 heteroatoms. The lowest BCUT2D eigenvalue weighted by Crippen LogP contribution is -2.15. The van der Waals surface area contributed by atoms with E-state index in [0.717, 1.165) is 11.4 Å². The molecule has 2 aromatic carbocycles. The highest BCUT2D eigenvalue weighted by Crippen LogP contribution is 2.26. The van der Waals surface area contributed by atoms with Crippen LogP contribution in [-0.2, 0) is 0 Å². The number of aromatic nitrogens is 2. The van der Waals surface area contributed by atoms with Gasteiger partial charge in [0.2, 0.25) is 0 Å². The zero-order valence-electron chi connectivity index (χ0n) is 14.5. The minimum absolute atomic E-state index is 0.135. The number of hydrogen-bond acceptors (Lipinski definition) is 2. The van der Waals surface area contributed by atoms with Crippen molar-refractivity contribution in [3.8, 4) is 5.69 Å². The fourth-order valence-corrected chi connectivity index (χ4v) is 2.92. The third-order valence-electron chi connectivity index (χ3n) is 4.00. The van der Waals surface area contributed by atoms with Crippen LogP contribution in [0.1, 0.15) is 41.4 Å². The Kier molecular flexibility index (Phi) is 4.91. The van der Waals surface area contributed by atoms with Gasteiger partial charge < -0.3 is 5.32 Å². The van der Waals surface area contributed by atoms with Crippen molar-refractivity contribution < 1.29 is 4.79 Å². The standard InChI is InChI=1S/C20H20ClN3O/c1-13(2)19-16(20(25)23-18-7-5-4-6-17(18)21)12-22-24(19)15-10-8-14(3)9-11-15/h4-13H,1-3H3,(H,23,25). The van der Waals surface area contributed by atoms with Crippen molar-refractivity contribution in [2.24, 2.45) is 0 Å². The summed E-state index contributed by atoms with van der Waals surface area (Å²) in [6.07, 6.45) is 1.61. The number of amides is 1. The van der Waals surface area contributed by atoms with Crippen LogP contribution in [0.15, 0.2) is 54.7 Å². The number of nitrogens with zero attached hydrogens (tertiary/aromatic N) is 2. The zero-order valence-corrected chi connectivity index (χ0v) is 15.2. The van der Waals surface area contributed by atoms with Crippen LogP contribution in [0.4, 0.5) is 5.69 Å². The third-order valence-corrected chi connectivity index (χ3v) is 4.33. The van der Waals surface area contributed by atoms with Gasteiger partial charge in [0.05, 0.1) is 33.9 Å². The molecular formula is C20H20ClN3O. The lowest BCUT2D eigenvalue weighted by molar-refractivity contribution is 0.102. The van der Waals surface area contributed by atoms with Crippen molar-refractivity contribution in [3.63, 3.8) is 0 Å². The van der Waals surface area contributed by atoms with Crippen LogP contribution in [0.25, 0.3) is 5.69 Å². The predicted octanol–water partition coefficient (Wildman–Crippen LogP) is 5.21. The molecule has 1 heterocycles. The smallest absolute Gasteiger partial charge is 0.259 e. The van der Waals surface area contributed by atoms with E-state index in [9.17, 15) is 4.79 Å². The van der Waals surface area contributed by atoms with Crippen LogP contribution in [0, 0.1) is 6.92 Å². The fraction of sp³-hybridized carbons (Fsp3) is 0.200. The third kappa shape index (κ3) is 3.59. The second kappa shape index (κ2) is 7.11. The number of benzene rings is 2. The first-order chi connectivity index (χ1) is 12.0. The number of anilines is 1. The molecule has 3 aromatic rings. The van der Waals surface area contributed by atoms with Crippen LogP contribution in [0.3, 0.4) is 0 Å². The molecule has 0 bridgehead atoms. The van der Waals surface area contributed by atoms with Crippen molar-refractivity contribution in [3.05, 3.63) is 76.6 Å². The highest BCUT2D eigenvalue weighted by molar-refractivity contribution is 6.33. The quantitative estimate of drug-likeness (QED) is 0.699. The van der Waals surface area contributed by atoms with Crippen LogP contribution >= 0.6 is 11.6 Å². The topological polar surface area (TPSA) is 46.9 Å². The molecule has 0 atom stereocenters. The van der Waals surface area contributed by atoms with E-state index < -0.39 is 0 Å². The van der Waals surface area contributed by atoms with Gasteiger partial charge in [-0.2, -0.15) is 5.10 Å². The van der Waals surface area contributed by atoms with E-state index >= 15 is 0 Å². The highest BCUT2D eigenvalue weighted by Gasteiger charge is 2.21. The molecule has 3 rings (SSSR count). The van der Waals surface area contributed by atoms with Crippen molar-refractivity contribution in [2.75, 3.05) is 5.32 Å². The molecule has 128 valence electrons. The second-order valence-electron chi connectivity index (χ2n) is 6.28. The first kappa shape index (κ1) is 17.2. The molecule has 0 saturated carbocycles. The number of carbonyl (C=O) groups excluding carboxylic acids is 1. The van der Waals surface area contributed by atoms with E-state index in [1.165, 1.54) is 5.56 Å². The molecule has 0 saturated heterocycles. The minimum atomic E-state index is -0.213. The Labute approximate surface area is 152 Å². The first-order valence-corrected chi connectivity index (χ1v) is 8.56. The average molecular weight is 354 g/mol. The second-order valence-corrected chi connectivity index (χ2v) is 6.69. The number of rotatable bonds is 4. The van der Waals surface area contributed by atoms with Gasteiger partial charge in [0.1, 0.15) is 0 Å². The van der Waals surface area contributed by atoms with Crippen LogP contribution in [0.2, 0.25) is 5.02 Å². The average Bonchev–Trinajstić information content (AvgIpc) is 3.03. The molecule has 0 aliphatic rings. The summed E-state index contributed by atoms with van der Waals surface area (Å²) in [4.78, 5) is 12.8. The Balaban J connectivity index is 1.98. The van der Waals surface area contributed by atoms with Gasteiger partial charge in [0, 0.05) is 0 Å². The summed E-state index contributed by atoms with van der Waals surface area (Å²) in [5.74, 6) is -0.0778. The maximum atomic E-state index is 12.8. The van der Waals surface area contributed by atoms with Gasteiger partial charge in [0.25, 0.3) is 5.91 Å². The zero-order chi connectivity index (χ0) is 18.0. The number of nitrogens with one attached hydrogen (secondary N) is 1. The molecule has 1 aromatic heterocycles. The number of hydrogen-bond donors (Lipinski definition) is 1.